The molecule has 4 N–H and O–H groups in total. The summed E-state index contributed by atoms with van der Waals surface area (Å²) in [5.41, 5.74) is 12.0. The van der Waals surface area contributed by atoms with E-state index in [1.54, 1.807) is 29.2 Å². The number of hydrogen-bond donors (Lipinski definition) is 2. The first-order valence-corrected chi connectivity index (χ1v) is 9.37. The van der Waals surface area contributed by atoms with Crippen molar-refractivity contribution in [2.24, 2.45) is 5.73 Å². The van der Waals surface area contributed by atoms with Gasteiger partial charge >= 0.3 is 6.09 Å². The van der Waals surface area contributed by atoms with E-state index < -0.39 is 12.2 Å². The quantitative estimate of drug-likeness (QED) is 0.623. The number of amides is 2. The first kappa shape index (κ1) is 18.3. The third-order valence-electron chi connectivity index (χ3n) is 4.45. The summed E-state index contributed by atoms with van der Waals surface area (Å²) >= 11 is 3.24. The number of likely N-dealkylation sites (tertiary alicyclic amines) is 1. The van der Waals surface area contributed by atoms with Crippen LogP contribution in [0, 0.1) is 0 Å². The molecule has 0 bridgehead atoms. The third kappa shape index (κ3) is 3.52. The number of furan rings is 1. The van der Waals surface area contributed by atoms with Gasteiger partial charge in [-0.1, -0.05) is 0 Å². The summed E-state index contributed by atoms with van der Waals surface area (Å²) in [6.45, 7) is 0.839. The topological polar surface area (TPSA) is 142 Å². The Bertz CT molecular complexity index is 1060. The highest BCUT2D eigenvalue weighted by Crippen LogP contribution is 2.24. The molecule has 11 heteroatoms. The molecule has 28 heavy (non-hydrogen) atoms. The van der Waals surface area contributed by atoms with Gasteiger partial charge in [0.15, 0.2) is 16.1 Å². The smallest absolute Gasteiger partial charge is 0.404 e. The number of hydrogen-bond acceptors (Lipinski definition) is 7. The molecule has 0 saturated carbocycles. The van der Waals surface area contributed by atoms with Crippen LogP contribution >= 0.6 is 15.9 Å². The summed E-state index contributed by atoms with van der Waals surface area (Å²) in [5, 5.41) is 4.32. The van der Waals surface area contributed by atoms with E-state index in [1.165, 1.54) is 4.52 Å². The predicted octanol–water partition coefficient (Wildman–Crippen LogP) is 2.03. The second kappa shape index (κ2) is 7.15. The van der Waals surface area contributed by atoms with Gasteiger partial charge in [0.1, 0.15) is 11.9 Å². The number of nitrogens with two attached hydrogens (primary N) is 2. The van der Waals surface area contributed by atoms with Crippen LogP contribution in [0.5, 0.6) is 0 Å². The maximum atomic E-state index is 12.9. The van der Waals surface area contributed by atoms with Crippen LogP contribution in [0.1, 0.15) is 23.2 Å². The molecule has 0 spiro atoms. The molecule has 1 saturated heterocycles. The maximum Gasteiger partial charge on any atom is 0.404 e. The standard InChI is InChI=1S/C17H17BrN6O4/c18-12-4-3-11(28-12)15-21-14-7-9(6-13(19)24(14)22-15)16(25)23-5-1-2-10(8-23)27-17(20)26/h3-4,6-7,10H,1-2,5,8,19H2,(H2,20,26). The van der Waals surface area contributed by atoms with Crippen molar-refractivity contribution >= 4 is 39.4 Å². The normalized spacial score (nSPS) is 17.0. The van der Waals surface area contributed by atoms with Gasteiger partial charge in [-0.15, -0.1) is 5.10 Å². The molecule has 3 aromatic heterocycles. The van der Waals surface area contributed by atoms with E-state index in [0.29, 0.717) is 46.9 Å². The van der Waals surface area contributed by atoms with Crippen LogP contribution in [0.15, 0.2) is 33.4 Å². The summed E-state index contributed by atoms with van der Waals surface area (Å²) < 4.78 is 12.5. The zero-order valence-electron chi connectivity index (χ0n) is 14.7. The molecular weight excluding hydrogens is 432 g/mol. The van der Waals surface area contributed by atoms with Crippen molar-refractivity contribution in [3.05, 3.63) is 34.5 Å². The Labute approximate surface area is 167 Å². The second-order valence-corrected chi connectivity index (χ2v) is 7.21. The van der Waals surface area contributed by atoms with Gasteiger partial charge < -0.3 is 25.5 Å². The number of primary amides is 1. The minimum absolute atomic E-state index is 0.225. The second-order valence-electron chi connectivity index (χ2n) is 6.43. The number of piperidine rings is 1. The molecular formula is C17H17BrN6O4. The molecule has 0 aromatic carbocycles. The average molecular weight is 449 g/mol. The predicted molar refractivity (Wildman–Crippen MR) is 102 cm³/mol. The number of carbonyl (C=O) groups excluding carboxylic acids is 2. The molecule has 4 rings (SSSR count). The fourth-order valence-electron chi connectivity index (χ4n) is 3.24. The SMILES string of the molecule is NC(=O)OC1CCCN(C(=O)c2cc(N)n3nc(-c4ccc(Br)o4)nc3c2)C1. The van der Waals surface area contributed by atoms with Gasteiger partial charge in [-0.2, -0.15) is 4.52 Å². The van der Waals surface area contributed by atoms with E-state index >= 15 is 0 Å². The lowest BCUT2D eigenvalue weighted by molar-refractivity contribution is 0.0373. The number of aromatic nitrogens is 3. The van der Waals surface area contributed by atoms with Crippen LogP contribution in [0.2, 0.25) is 0 Å². The van der Waals surface area contributed by atoms with E-state index in [-0.39, 0.29) is 18.3 Å². The van der Waals surface area contributed by atoms with Crippen molar-refractivity contribution in [2.45, 2.75) is 18.9 Å². The van der Waals surface area contributed by atoms with E-state index in [4.69, 9.17) is 20.6 Å². The first-order chi connectivity index (χ1) is 13.4. The Morgan fingerprint density at radius 2 is 2.14 bits per heavy atom. The number of nitrogens with zero attached hydrogens (tertiary/aromatic N) is 4. The number of ether oxygens (including phenoxy) is 1. The number of rotatable bonds is 3. The van der Waals surface area contributed by atoms with Crippen molar-refractivity contribution in [2.75, 3.05) is 18.8 Å². The summed E-state index contributed by atoms with van der Waals surface area (Å²) in [6.07, 6.45) is 0.128. The number of pyridine rings is 1. The van der Waals surface area contributed by atoms with Crippen LogP contribution in [0.4, 0.5) is 10.6 Å². The molecule has 0 radical (unpaired) electrons. The van der Waals surface area contributed by atoms with Crippen LogP contribution in [-0.2, 0) is 4.74 Å². The van der Waals surface area contributed by atoms with E-state index in [1.807, 2.05) is 0 Å². The van der Waals surface area contributed by atoms with Crippen molar-refractivity contribution in [3.8, 4) is 11.6 Å². The van der Waals surface area contributed by atoms with Gasteiger partial charge in [0, 0.05) is 12.1 Å². The number of fused-ring (bicyclic) bond motifs is 1. The Kier molecular flexibility index (Phi) is 4.67. The van der Waals surface area contributed by atoms with Crippen LogP contribution in [-0.4, -0.2) is 50.7 Å². The van der Waals surface area contributed by atoms with E-state index in [2.05, 4.69) is 26.0 Å². The summed E-state index contributed by atoms with van der Waals surface area (Å²) in [4.78, 5) is 29.9. The monoisotopic (exact) mass is 448 g/mol. The van der Waals surface area contributed by atoms with E-state index in [0.717, 1.165) is 0 Å². The molecule has 1 aliphatic rings. The third-order valence-corrected chi connectivity index (χ3v) is 4.88. The summed E-state index contributed by atoms with van der Waals surface area (Å²) in [7, 11) is 0. The van der Waals surface area contributed by atoms with Crippen LogP contribution < -0.4 is 11.5 Å². The van der Waals surface area contributed by atoms with Gasteiger partial charge in [-0.25, -0.2) is 9.78 Å². The van der Waals surface area contributed by atoms with Crippen LogP contribution in [0.3, 0.4) is 0 Å². The van der Waals surface area contributed by atoms with Crippen molar-refractivity contribution in [1.29, 1.82) is 0 Å². The molecule has 4 heterocycles. The van der Waals surface area contributed by atoms with Gasteiger partial charge in [-0.05, 0) is 53.0 Å². The summed E-state index contributed by atoms with van der Waals surface area (Å²) in [6, 6.07) is 6.63. The Balaban J connectivity index is 1.61. The zero-order chi connectivity index (χ0) is 19.8. The Morgan fingerprint density at radius 3 is 2.86 bits per heavy atom. The number of nitrogen functional groups attached to an aromatic ring is 1. The van der Waals surface area contributed by atoms with E-state index in [9.17, 15) is 9.59 Å². The summed E-state index contributed by atoms with van der Waals surface area (Å²) in [5.74, 6) is 0.879. The molecule has 1 atom stereocenters. The molecule has 1 aliphatic heterocycles. The molecule has 10 nitrogen and oxygen atoms in total. The zero-order valence-corrected chi connectivity index (χ0v) is 16.3. The minimum Gasteiger partial charge on any atom is -0.446 e. The largest absolute Gasteiger partial charge is 0.446 e. The number of halogens is 1. The van der Waals surface area contributed by atoms with Crippen molar-refractivity contribution in [3.63, 3.8) is 0 Å². The lowest BCUT2D eigenvalue weighted by Crippen LogP contribution is -2.44. The average Bonchev–Trinajstić information content (AvgIpc) is 3.27. The highest BCUT2D eigenvalue weighted by atomic mass is 79.9. The Hall–Kier alpha value is -3.08. The Morgan fingerprint density at radius 1 is 1.32 bits per heavy atom. The van der Waals surface area contributed by atoms with Crippen molar-refractivity contribution < 1.29 is 18.7 Å². The molecule has 0 aliphatic carbocycles. The van der Waals surface area contributed by atoms with Gasteiger partial charge in [0.05, 0.1) is 6.54 Å². The maximum absolute atomic E-state index is 12.9. The van der Waals surface area contributed by atoms with Gasteiger partial charge in [0.25, 0.3) is 5.91 Å². The lowest BCUT2D eigenvalue weighted by atomic mass is 10.1. The van der Waals surface area contributed by atoms with Crippen LogP contribution in [0.25, 0.3) is 17.2 Å². The highest BCUT2D eigenvalue weighted by Gasteiger charge is 2.27. The molecule has 1 unspecified atom stereocenters. The van der Waals surface area contributed by atoms with Gasteiger partial charge in [-0.3, -0.25) is 4.79 Å². The van der Waals surface area contributed by atoms with Crippen molar-refractivity contribution in [1.82, 2.24) is 19.5 Å². The fraction of sp³-hybridized carbons (Fsp3) is 0.294. The number of carbonyl (C=O) groups is 2. The minimum atomic E-state index is -0.842. The first-order valence-electron chi connectivity index (χ1n) is 8.58. The molecule has 146 valence electrons. The van der Waals surface area contributed by atoms with Gasteiger partial charge in [0.2, 0.25) is 5.82 Å². The fourth-order valence-corrected chi connectivity index (χ4v) is 3.54. The number of anilines is 1. The molecule has 3 aromatic rings. The lowest BCUT2D eigenvalue weighted by Gasteiger charge is -2.32. The molecule has 2 amide bonds. The highest BCUT2D eigenvalue weighted by molar-refractivity contribution is 9.10. The molecule has 1 fully saturated rings.